The van der Waals surface area contributed by atoms with E-state index in [4.69, 9.17) is 0 Å². The van der Waals surface area contributed by atoms with Crippen LogP contribution in [0.15, 0.2) is 54.9 Å². The van der Waals surface area contributed by atoms with Gasteiger partial charge >= 0.3 is 0 Å². The first-order chi connectivity index (χ1) is 12.0. The molecule has 0 spiro atoms. The summed E-state index contributed by atoms with van der Waals surface area (Å²) in [6, 6.07) is 15.5. The molecule has 128 valence electrons. The Morgan fingerprint density at radius 1 is 1.00 bits per heavy atom. The monoisotopic (exact) mass is 335 g/mol. The molecule has 0 fully saturated rings. The summed E-state index contributed by atoms with van der Waals surface area (Å²) >= 11 is 0. The maximum absolute atomic E-state index is 12.3. The zero-order valence-electron chi connectivity index (χ0n) is 14.6. The predicted octanol–water partition coefficient (Wildman–Crippen LogP) is 2.77. The van der Waals surface area contributed by atoms with Gasteiger partial charge < -0.3 is 15.1 Å². The number of aromatic nitrogens is 2. The number of likely N-dealkylation sites (N-methyl/N-ethyl adjacent to an activating group) is 1. The molecule has 0 aliphatic carbocycles. The van der Waals surface area contributed by atoms with Gasteiger partial charge in [0.25, 0.3) is 0 Å². The van der Waals surface area contributed by atoms with E-state index in [-0.39, 0.29) is 12.5 Å². The minimum absolute atomic E-state index is 0.0946. The van der Waals surface area contributed by atoms with Crippen molar-refractivity contribution in [2.45, 2.75) is 0 Å². The topological polar surface area (TPSA) is 61.4 Å². The number of rotatable bonds is 5. The van der Waals surface area contributed by atoms with Crippen LogP contribution in [0.1, 0.15) is 0 Å². The van der Waals surface area contributed by atoms with Crippen molar-refractivity contribution in [1.82, 2.24) is 9.97 Å². The molecule has 0 unspecified atom stereocenters. The number of fused-ring (bicyclic) bond motifs is 1. The molecule has 1 amide bonds. The number of nitrogens with one attached hydrogen (secondary N) is 1. The smallest absolute Gasteiger partial charge is 0.243 e. The standard InChI is InChI=1S/C19H21N5O/c1-23(2)15-10-8-14(9-11-15)22-18(25)12-24(3)19-16-6-4-5-7-17(16)20-13-21-19/h4-11,13H,12H2,1-3H3,(H,22,25). The highest BCUT2D eigenvalue weighted by Crippen LogP contribution is 2.21. The van der Waals surface area contributed by atoms with Crippen molar-refractivity contribution in [3.8, 4) is 0 Å². The molecule has 1 heterocycles. The Labute approximate surface area is 147 Å². The van der Waals surface area contributed by atoms with Gasteiger partial charge in [0.2, 0.25) is 5.91 Å². The van der Waals surface area contributed by atoms with E-state index in [1.54, 1.807) is 0 Å². The number of para-hydroxylation sites is 1. The second-order valence-corrected chi connectivity index (χ2v) is 6.06. The summed E-state index contributed by atoms with van der Waals surface area (Å²) in [6.45, 7) is 0.205. The van der Waals surface area contributed by atoms with E-state index in [2.05, 4.69) is 15.3 Å². The van der Waals surface area contributed by atoms with Crippen molar-refractivity contribution in [2.24, 2.45) is 0 Å². The molecule has 0 aliphatic heterocycles. The molecule has 3 aromatic rings. The number of carbonyl (C=O) groups excluding carboxylic acids is 1. The van der Waals surface area contributed by atoms with E-state index in [9.17, 15) is 4.79 Å². The van der Waals surface area contributed by atoms with Crippen molar-refractivity contribution in [3.05, 3.63) is 54.9 Å². The van der Waals surface area contributed by atoms with Crippen LogP contribution in [0.2, 0.25) is 0 Å². The maximum Gasteiger partial charge on any atom is 0.243 e. The molecule has 0 aliphatic rings. The van der Waals surface area contributed by atoms with E-state index in [1.165, 1.54) is 6.33 Å². The first-order valence-electron chi connectivity index (χ1n) is 8.03. The molecule has 0 radical (unpaired) electrons. The van der Waals surface area contributed by atoms with Crippen LogP contribution in [0.5, 0.6) is 0 Å². The van der Waals surface area contributed by atoms with Crippen LogP contribution in [-0.4, -0.2) is 43.6 Å². The first-order valence-corrected chi connectivity index (χ1v) is 8.03. The average Bonchev–Trinajstić information content (AvgIpc) is 2.61. The van der Waals surface area contributed by atoms with E-state index >= 15 is 0 Å². The Hall–Kier alpha value is -3.15. The molecule has 6 heteroatoms. The van der Waals surface area contributed by atoms with Crippen molar-refractivity contribution in [3.63, 3.8) is 0 Å². The molecule has 2 aromatic carbocycles. The van der Waals surface area contributed by atoms with Gasteiger partial charge in [-0.25, -0.2) is 9.97 Å². The summed E-state index contributed by atoms with van der Waals surface area (Å²) in [6.07, 6.45) is 1.52. The van der Waals surface area contributed by atoms with Crippen molar-refractivity contribution in [2.75, 3.05) is 42.8 Å². The van der Waals surface area contributed by atoms with Gasteiger partial charge in [-0.1, -0.05) is 12.1 Å². The number of hydrogen-bond donors (Lipinski definition) is 1. The molecule has 1 N–H and O–H groups in total. The lowest BCUT2D eigenvalue weighted by Gasteiger charge is -2.19. The second kappa shape index (κ2) is 7.17. The lowest BCUT2D eigenvalue weighted by molar-refractivity contribution is -0.114. The van der Waals surface area contributed by atoms with Crippen LogP contribution in [0.25, 0.3) is 10.9 Å². The predicted molar refractivity (Wildman–Crippen MR) is 102 cm³/mol. The van der Waals surface area contributed by atoms with Crippen LogP contribution in [-0.2, 0) is 4.79 Å². The van der Waals surface area contributed by atoms with Gasteiger partial charge in [-0.05, 0) is 36.4 Å². The largest absolute Gasteiger partial charge is 0.378 e. The summed E-state index contributed by atoms with van der Waals surface area (Å²) in [4.78, 5) is 24.8. The number of carbonyl (C=O) groups is 1. The van der Waals surface area contributed by atoms with Gasteiger partial charge in [-0.15, -0.1) is 0 Å². The average molecular weight is 335 g/mol. The highest BCUT2D eigenvalue weighted by Gasteiger charge is 2.12. The van der Waals surface area contributed by atoms with E-state index in [0.717, 1.165) is 28.1 Å². The van der Waals surface area contributed by atoms with Gasteiger partial charge in [0.1, 0.15) is 12.1 Å². The van der Waals surface area contributed by atoms with Gasteiger partial charge in [0.05, 0.1) is 12.1 Å². The SMILES string of the molecule is CN(C)c1ccc(NC(=O)CN(C)c2ncnc3ccccc23)cc1. The Balaban J connectivity index is 1.69. The first kappa shape index (κ1) is 16.7. The minimum atomic E-state index is -0.0946. The normalized spacial score (nSPS) is 10.5. The van der Waals surface area contributed by atoms with Crippen LogP contribution in [0.3, 0.4) is 0 Å². The molecule has 1 aromatic heterocycles. The Bertz CT molecular complexity index is 871. The van der Waals surface area contributed by atoms with Gasteiger partial charge in [-0.2, -0.15) is 0 Å². The van der Waals surface area contributed by atoms with E-state index in [1.807, 2.05) is 79.5 Å². The fourth-order valence-corrected chi connectivity index (χ4v) is 2.63. The number of nitrogens with zero attached hydrogens (tertiary/aromatic N) is 4. The van der Waals surface area contributed by atoms with Crippen LogP contribution < -0.4 is 15.1 Å². The molecule has 0 saturated carbocycles. The molecular weight excluding hydrogens is 314 g/mol. The van der Waals surface area contributed by atoms with Crippen LogP contribution in [0, 0.1) is 0 Å². The minimum Gasteiger partial charge on any atom is -0.378 e. The third kappa shape index (κ3) is 3.85. The third-order valence-electron chi connectivity index (χ3n) is 3.93. The Morgan fingerprint density at radius 2 is 1.72 bits per heavy atom. The van der Waals surface area contributed by atoms with Gasteiger partial charge in [0, 0.05) is 37.9 Å². The van der Waals surface area contributed by atoms with E-state index < -0.39 is 0 Å². The fraction of sp³-hybridized carbons (Fsp3) is 0.211. The maximum atomic E-state index is 12.3. The summed E-state index contributed by atoms with van der Waals surface area (Å²) < 4.78 is 0. The molecule has 0 bridgehead atoms. The van der Waals surface area contributed by atoms with E-state index in [0.29, 0.717) is 0 Å². The van der Waals surface area contributed by atoms with Crippen molar-refractivity contribution in [1.29, 1.82) is 0 Å². The lowest BCUT2D eigenvalue weighted by atomic mass is 10.2. The van der Waals surface area contributed by atoms with Gasteiger partial charge in [0.15, 0.2) is 0 Å². The molecule has 25 heavy (non-hydrogen) atoms. The second-order valence-electron chi connectivity index (χ2n) is 6.06. The quantitative estimate of drug-likeness (QED) is 0.777. The number of anilines is 3. The highest BCUT2D eigenvalue weighted by atomic mass is 16.2. The van der Waals surface area contributed by atoms with Crippen molar-refractivity contribution >= 4 is 34.0 Å². The Kier molecular flexibility index (Phi) is 4.79. The Morgan fingerprint density at radius 3 is 2.44 bits per heavy atom. The van der Waals surface area contributed by atoms with Crippen molar-refractivity contribution < 1.29 is 4.79 Å². The molecule has 6 nitrogen and oxygen atoms in total. The fourth-order valence-electron chi connectivity index (χ4n) is 2.63. The third-order valence-corrected chi connectivity index (χ3v) is 3.93. The number of benzene rings is 2. The summed E-state index contributed by atoms with van der Waals surface area (Å²) in [5.41, 5.74) is 2.72. The summed E-state index contributed by atoms with van der Waals surface area (Å²) in [5.74, 6) is 0.645. The van der Waals surface area contributed by atoms with Gasteiger partial charge in [-0.3, -0.25) is 4.79 Å². The summed E-state index contributed by atoms with van der Waals surface area (Å²) in [5, 5.41) is 3.84. The number of amides is 1. The summed E-state index contributed by atoms with van der Waals surface area (Å²) in [7, 11) is 5.81. The lowest BCUT2D eigenvalue weighted by Crippen LogP contribution is -2.30. The number of hydrogen-bond acceptors (Lipinski definition) is 5. The molecule has 3 rings (SSSR count). The highest BCUT2D eigenvalue weighted by molar-refractivity contribution is 5.96. The zero-order chi connectivity index (χ0) is 17.8. The molecule has 0 saturated heterocycles. The van der Waals surface area contributed by atoms with Crippen LogP contribution >= 0.6 is 0 Å². The zero-order valence-corrected chi connectivity index (χ0v) is 14.6. The molecule has 0 atom stereocenters. The molecular formula is C19H21N5O. The van der Waals surface area contributed by atoms with Crippen LogP contribution in [0.4, 0.5) is 17.2 Å².